The Balaban J connectivity index is 1.56. The molecule has 1 aliphatic carbocycles. The first-order valence-corrected chi connectivity index (χ1v) is 9.97. The Morgan fingerprint density at radius 3 is 2.76 bits per heavy atom. The van der Waals surface area contributed by atoms with Crippen LogP contribution in [0.4, 0.5) is 0 Å². The quantitative estimate of drug-likeness (QED) is 0.730. The van der Waals surface area contributed by atoms with E-state index in [1.165, 1.54) is 0 Å². The third-order valence-corrected chi connectivity index (χ3v) is 6.12. The van der Waals surface area contributed by atoms with E-state index in [0.29, 0.717) is 25.2 Å². The minimum absolute atomic E-state index is 0.0945. The van der Waals surface area contributed by atoms with Crippen molar-refractivity contribution in [3.05, 3.63) is 0 Å². The van der Waals surface area contributed by atoms with Gasteiger partial charge in [-0.2, -0.15) is 0 Å². The molecule has 0 aromatic heterocycles. The predicted molar refractivity (Wildman–Crippen MR) is 97.3 cm³/mol. The fourth-order valence-corrected chi connectivity index (χ4v) is 4.88. The molecular formula is C19H35N3O3. The maximum Gasteiger partial charge on any atom is 0.224 e. The van der Waals surface area contributed by atoms with Crippen LogP contribution in [0.3, 0.4) is 0 Å². The molecule has 3 aliphatic rings. The van der Waals surface area contributed by atoms with Gasteiger partial charge in [-0.3, -0.25) is 9.69 Å². The highest BCUT2D eigenvalue weighted by Crippen LogP contribution is 2.45. The summed E-state index contributed by atoms with van der Waals surface area (Å²) < 4.78 is 11.9. The van der Waals surface area contributed by atoms with Crippen molar-refractivity contribution in [1.29, 1.82) is 0 Å². The van der Waals surface area contributed by atoms with Crippen LogP contribution in [-0.4, -0.2) is 81.0 Å². The lowest BCUT2D eigenvalue weighted by Crippen LogP contribution is -2.56. The molecule has 1 N–H and O–H groups in total. The van der Waals surface area contributed by atoms with Crippen LogP contribution in [0.1, 0.15) is 39.0 Å². The van der Waals surface area contributed by atoms with Gasteiger partial charge in [-0.1, -0.05) is 6.92 Å². The van der Waals surface area contributed by atoms with Gasteiger partial charge in [0.15, 0.2) is 5.79 Å². The molecule has 6 nitrogen and oxygen atoms in total. The summed E-state index contributed by atoms with van der Waals surface area (Å²) in [6.45, 7) is 7.32. The number of nitrogens with zero attached hydrogens (tertiary/aromatic N) is 2. The molecule has 1 saturated carbocycles. The van der Waals surface area contributed by atoms with Gasteiger partial charge in [0.2, 0.25) is 5.91 Å². The summed E-state index contributed by atoms with van der Waals surface area (Å²) in [5.41, 5.74) is 0. The molecule has 1 amide bonds. The monoisotopic (exact) mass is 353 g/mol. The van der Waals surface area contributed by atoms with Crippen molar-refractivity contribution in [3.8, 4) is 0 Å². The highest BCUT2D eigenvalue weighted by molar-refractivity contribution is 5.79. The number of carbonyl (C=O) groups excluding carboxylic acids is 1. The normalized spacial score (nSPS) is 32.1. The predicted octanol–water partition coefficient (Wildman–Crippen LogP) is 1.31. The molecule has 3 rings (SSSR count). The number of rotatable bonds is 6. The molecule has 3 atom stereocenters. The summed E-state index contributed by atoms with van der Waals surface area (Å²) in [7, 11) is 4.13. The first-order valence-electron chi connectivity index (χ1n) is 9.97. The Morgan fingerprint density at radius 2 is 2.08 bits per heavy atom. The third-order valence-electron chi connectivity index (χ3n) is 6.12. The van der Waals surface area contributed by atoms with Crippen LogP contribution >= 0.6 is 0 Å². The summed E-state index contributed by atoms with van der Waals surface area (Å²) in [6.07, 6.45) is 5.02. The Hall–Kier alpha value is -0.690. The summed E-state index contributed by atoms with van der Waals surface area (Å²) in [4.78, 5) is 17.3. The fourth-order valence-electron chi connectivity index (χ4n) is 4.88. The summed E-state index contributed by atoms with van der Waals surface area (Å²) >= 11 is 0. The van der Waals surface area contributed by atoms with Crippen LogP contribution in [0, 0.1) is 11.8 Å². The Morgan fingerprint density at radius 1 is 1.32 bits per heavy atom. The molecule has 6 heteroatoms. The number of piperidine rings is 1. The van der Waals surface area contributed by atoms with Crippen LogP contribution in [-0.2, 0) is 14.3 Å². The molecule has 1 spiro atoms. The lowest BCUT2D eigenvalue weighted by molar-refractivity contribution is -0.203. The minimum Gasteiger partial charge on any atom is -0.356 e. The van der Waals surface area contributed by atoms with Crippen LogP contribution in [0.15, 0.2) is 0 Å². The van der Waals surface area contributed by atoms with E-state index < -0.39 is 0 Å². The Bertz CT molecular complexity index is 451. The average molecular weight is 354 g/mol. The Kier molecular flexibility index (Phi) is 6.36. The van der Waals surface area contributed by atoms with Crippen molar-refractivity contribution in [2.24, 2.45) is 11.8 Å². The molecule has 25 heavy (non-hydrogen) atoms. The number of amides is 1. The maximum absolute atomic E-state index is 12.7. The first kappa shape index (κ1) is 19.1. The van der Waals surface area contributed by atoms with Crippen molar-refractivity contribution in [2.45, 2.75) is 50.9 Å². The molecular weight excluding hydrogens is 318 g/mol. The second-order valence-electron chi connectivity index (χ2n) is 8.15. The smallest absolute Gasteiger partial charge is 0.224 e. The molecule has 2 heterocycles. The van der Waals surface area contributed by atoms with Gasteiger partial charge < -0.3 is 19.7 Å². The summed E-state index contributed by atoms with van der Waals surface area (Å²) in [5, 5.41) is 3.15. The van der Waals surface area contributed by atoms with Gasteiger partial charge >= 0.3 is 0 Å². The van der Waals surface area contributed by atoms with Gasteiger partial charge in [0, 0.05) is 32.0 Å². The fraction of sp³-hybridized carbons (Fsp3) is 0.947. The minimum atomic E-state index is -0.356. The van der Waals surface area contributed by atoms with E-state index in [4.69, 9.17) is 9.47 Å². The van der Waals surface area contributed by atoms with Crippen molar-refractivity contribution in [3.63, 3.8) is 0 Å². The average Bonchev–Trinajstić information content (AvgIpc) is 3.04. The SMILES string of the molecule is CCN1C[C@H](C(=O)NCCCN(C)C)C[C@@H]2CC3(CC[C@H]21)OCCO3. The molecule has 0 unspecified atom stereocenters. The Labute approximate surface area is 152 Å². The van der Waals surface area contributed by atoms with Crippen LogP contribution in [0.2, 0.25) is 0 Å². The molecule has 0 bridgehead atoms. The van der Waals surface area contributed by atoms with E-state index in [9.17, 15) is 4.79 Å². The molecule has 3 fully saturated rings. The number of ether oxygens (including phenoxy) is 2. The zero-order chi connectivity index (χ0) is 17.9. The topological polar surface area (TPSA) is 54.0 Å². The summed E-state index contributed by atoms with van der Waals surface area (Å²) in [6, 6.07) is 0.584. The van der Waals surface area contributed by atoms with Gasteiger partial charge in [0.05, 0.1) is 19.1 Å². The summed E-state index contributed by atoms with van der Waals surface area (Å²) in [5.74, 6) is 0.462. The van der Waals surface area contributed by atoms with Crippen molar-refractivity contribution < 1.29 is 14.3 Å². The molecule has 0 radical (unpaired) electrons. The highest BCUT2D eigenvalue weighted by Gasteiger charge is 2.49. The van der Waals surface area contributed by atoms with Gasteiger partial charge in [0.25, 0.3) is 0 Å². The molecule has 2 saturated heterocycles. The van der Waals surface area contributed by atoms with E-state index in [1.807, 2.05) is 0 Å². The zero-order valence-corrected chi connectivity index (χ0v) is 16.1. The van der Waals surface area contributed by atoms with Crippen molar-refractivity contribution >= 4 is 5.91 Å². The lowest BCUT2D eigenvalue weighted by atomic mass is 9.72. The van der Waals surface area contributed by atoms with Crippen LogP contribution < -0.4 is 5.32 Å². The van der Waals surface area contributed by atoms with Crippen molar-refractivity contribution in [2.75, 3.05) is 53.5 Å². The third kappa shape index (κ3) is 4.54. The number of fused-ring (bicyclic) bond motifs is 1. The van der Waals surface area contributed by atoms with Crippen LogP contribution in [0.25, 0.3) is 0 Å². The number of likely N-dealkylation sites (tertiary alicyclic amines) is 1. The zero-order valence-electron chi connectivity index (χ0n) is 16.1. The van der Waals surface area contributed by atoms with Crippen LogP contribution in [0.5, 0.6) is 0 Å². The lowest BCUT2D eigenvalue weighted by Gasteiger charge is -2.50. The number of nitrogens with one attached hydrogen (secondary N) is 1. The van der Waals surface area contributed by atoms with E-state index in [1.54, 1.807) is 0 Å². The first-order chi connectivity index (χ1) is 12.0. The molecule has 0 aromatic carbocycles. The number of hydrogen-bond donors (Lipinski definition) is 1. The van der Waals surface area contributed by atoms with E-state index in [-0.39, 0.29) is 17.6 Å². The van der Waals surface area contributed by atoms with Gasteiger partial charge in [-0.05, 0) is 52.4 Å². The van der Waals surface area contributed by atoms with Gasteiger partial charge in [0.1, 0.15) is 0 Å². The van der Waals surface area contributed by atoms with Gasteiger partial charge in [-0.15, -0.1) is 0 Å². The number of carbonyl (C=O) groups is 1. The molecule has 144 valence electrons. The maximum atomic E-state index is 12.7. The standard InChI is InChI=1S/C19H35N3O3/c1-4-22-14-16(18(23)20-8-5-9-21(2)3)12-15-13-19(7-6-17(15)22)24-10-11-25-19/h15-17H,4-14H2,1-3H3,(H,20,23)/t15-,16-,17-/m1/s1. The van der Waals surface area contributed by atoms with E-state index >= 15 is 0 Å². The second kappa shape index (κ2) is 8.33. The number of hydrogen-bond acceptors (Lipinski definition) is 5. The molecule has 0 aromatic rings. The highest BCUT2D eigenvalue weighted by atomic mass is 16.7. The van der Waals surface area contributed by atoms with Crippen molar-refractivity contribution in [1.82, 2.24) is 15.1 Å². The van der Waals surface area contributed by atoms with E-state index in [2.05, 4.69) is 36.1 Å². The van der Waals surface area contributed by atoms with Gasteiger partial charge in [-0.25, -0.2) is 0 Å². The molecule has 2 aliphatic heterocycles. The second-order valence-corrected chi connectivity index (χ2v) is 8.15. The van der Waals surface area contributed by atoms with E-state index in [0.717, 1.165) is 58.3 Å². The largest absolute Gasteiger partial charge is 0.356 e.